The van der Waals surface area contributed by atoms with Gasteiger partial charge >= 0.3 is 0 Å². The topological polar surface area (TPSA) is 103 Å². The van der Waals surface area contributed by atoms with Crippen LogP contribution in [0.25, 0.3) is 5.69 Å². The molecular formula is C26H29N3O6. The fraction of sp³-hybridized carbons (Fsp3) is 0.346. The first-order valence-corrected chi connectivity index (χ1v) is 11.3. The fourth-order valence-corrected chi connectivity index (χ4v) is 4.33. The molecule has 0 unspecified atom stereocenters. The number of amides is 1. The highest BCUT2D eigenvalue weighted by Gasteiger charge is 2.33. The van der Waals surface area contributed by atoms with Crippen molar-refractivity contribution in [2.45, 2.75) is 25.9 Å². The molecule has 0 aliphatic carbocycles. The number of hydrogen-bond acceptors (Lipinski definition) is 7. The largest absolute Gasteiger partial charge is 0.494 e. The van der Waals surface area contributed by atoms with E-state index in [2.05, 4.69) is 4.98 Å². The van der Waals surface area contributed by atoms with E-state index >= 15 is 0 Å². The summed E-state index contributed by atoms with van der Waals surface area (Å²) in [5, 5.41) is 10.8. The fourth-order valence-electron chi connectivity index (χ4n) is 4.33. The predicted octanol–water partition coefficient (Wildman–Crippen LogP) is 3.12. The molecule has 1 fully saturated rings. The van der Waals surface area contributed by atoms with Gasteiger partial charge in [-0.2, -0.15) is 4.98 Å². The second-order valence-electron chi connectivity index (χ2n) is 8.06. The molecule has 1 aliphatic rings. The average molecular weight is 483 g/mol. The third-order valence-corrected chi connectivity index (χ3v) is 6.04. The maximum absolute atomic E-state index is 13.9. The summed E-state index contributed by atoms with van der Waals surface area (Å²) in [5.74, 6) is -1.48. The minimum Gasteiger partial charge on any atom is -0.494 e. The van der Waals surface area contributed by atoms with Gasteiger partial charge in [0.25, 0.3) is 11.5 Å². The molecule has 9 nitrogen and oxygen atoms in total. The van der Waals surface area contributed by atoms with Crippen molar-refractivity contribution in [3.63, 3.8) is 0 Å². The van der Waals surface area contributed by atoms with Gasteiger partial charge in [0.05, 0.1) is 18.3 Å². The van der Waals surface area contributed by atoms with Gasteiger partial charge in [0.1, 0.15) is 29.6 Å². The number of likely N-dealkylation sites (tertiary alicyclic amines) is 1. The summed E-state index contributed by atoms with van der Waals surface area (Å²) >= 11 is 0. The molecular weight excluding hydrogens is 450 g/mol. The number of hydrogen-bond donors (Lipinski definition) is 1. The summed E-state index contributed by atoms with van der Waals surface area (Å²) in [6, 6.07) is 14.1. The zero-order valence-electron chi connectivity index (χ0n) is 22.6. The number of rotatable bonds is 8. The summed E-state index contributed by atoms with van der Waals surface area (Å²) in [6.07, 6.45) is 0.698. The second-order valence-corrected chi connectivity index (χ2v) is 8.06. The van der Waals surface area contributed by atoms with Gasteiger partial charge in [-0.05, 0) is 31.0 Å². The first-order valence-electron chi connectivity index (χ1n) is 12.8. The highest BCUT2D eigenvalue weighted by atomic mass is 16.5. The maximum atomic E-state index is 13.9. The molecule has 184 valence electrons. The summed E-state index contributed by atoms with van der Waals surface area (Å²) in [6.45, 7) is 2.56. The molecule has 0 radical (unpaired) electrons. The number of nitrogens with zero attached hydrogens (tertiary/aromatic N) is 3. The third kappa shape index (κ3) is 4.72. The standard InChI is InChI=1S/C26H29N3O6/c1-4-35-16-21-27-24(30)22(25(31)28-14-13-18(15-28)17-9-6-5-7-10-17)26(32)29(21)23-19(33-2)11-8-12-20(23)34-3/h5-12,18,30H,4,13-16H2,1-3H3/t18-/m0/s1/i2D3. The molecule has 1 N–H and O–H groups in total. The van der Waals surface area contributed by atoms with Crippen LogP contribution in [-0.2, 0) is 11.3 Å². The van der Waals surface area contributed by atoms with Crippen molar-refractivity contribution in [3.05, 3.63) is 75.8 Å². The number of benzene rings is 2. The second kappa shape index (κ2) is 10.6. The van der Waals surface area contributed by atoms with Crippen LogP contribution >= 0.6 is 0 Å². The number of carbonyl (C=O) groups excluding carboxylic acids is 1. The molecule has 1 aliphatic heterocycles. The summed E-state index contributed by atoms with van der Waals surface area (Å²) in [7, 11) is -1.49. The SMILES string of the molecule is [2H]C([2H])([2H])Oc1cccc(OC)c1-n1c(COCC)nc(O)c(C(=O)N2CC[C@H](c3ccccc3)C2)c1=O. The van der Waals surface area contributed by atoms with Crippen LogP contribution in [-0.4, -0.2) is 59.3 Å². The summed E-state index contributed by atoms with van der Waals surface area (Å²) in [5.41, 5.74) is -0.434. The molecule has 35 heavy (non-hydrogen) atoms. The van der Waals surface area contributed by atoms with Crippen molar-refractivity contribution in [3.8, 4) is 23.1 Å². The normalized spacial score (nSPS) is 16.9. The van der Waals surface area contributed by atoms with Crippen molar-refractivity contribution in [2.24, 2.45) is 0 Å². The summed E-state index contributed by atoms with van der Waals surface area (Å²) in [4.78, 5) is 33.1. The molecule has 1 atom stereocenters. The molecule has 2 aromatic carbocycles. The number of carbonyl (C=O) groups is 1. The Morgan fingerprint density at radius 1 is 1.17 bits per heavy atom. The van der Waals surface area contributed by atoms with Gasteiger partial charge in [0.15, 0.2) is 5.56 Å². The van der Waals surface area contributed by atoms with Gasteiger partial charge in [-0.15, -0.1) is 0 Å². The predicted molar refractivity (Wildman–Crippen MR) is 130 cm³/mol. The Morgan fingerprint density at radius 3 is 2.60 bits per heavy atom. The Kier molecular flexibility index (Phi) is 6.22. The van der Waals surface area contributed by atoms with Crippen LogP contribution in [0.5, 0.6) is 17.4 Å². The zero-order valence-corrected chi connectivity index (χ0v) is 19.6. The van der Waals surface area contributed by atoms with Crippen LogP contribution in [0.3, 0.4) is 0 Å². The van der Waals surface area contributed by atoms with Crippen molar-refractivity contribution >= 4 is 5.91 Å². The van der Waals surface area contributed by atoms with Crippen LogP contribution in [0.4, 0.5) is 0 Å². The molecule has 4 rings (SSSR count). The minimum absolute atomic E-state index is 0.0608. The third-order valence-electron chi connectivity index (χ3n) is 6.04. The smallest absolute Gasteiger partial charge is 0.275 e. The monoisotopic (exact) mass is 482 g/mol. The van der Waals surface area contributed by atoms with E-state index in [1.165, 1.54) is 30.2 Å². The highest BCUT2D eigenvalue weighted by molar-refractivity contribution is 5.96. The van der Waals surface area contributed by atoms with Crippen LogP contribution < -0.4 is 15.0 Å². The van der Waals surface area contributed by atoms with E-state index in [0.717, 1.165) is 10.1 Å². The maximum Gasteiger partial charge on any atom is 0.275 e. The van der Waals surface area contributed by atoms with Gasteiger partial charge in [-0.25, -0.2) is 0 Å². The lowest BCUT2D eigenvalue weighted by Gasteiger charge is -2.21. The Balaban J connectivity index is 1.83. The lowest BCUT2D eigenvalue weighted by Crippen LogP contribution is -2.37. The van der Waals surface area contributed by atoms with Crippen molar-refractivity contribution < 1.29 is 28.2 Å². The number of aromatic nitrogens is 2. The quantitative estimate of drug-likeness (QED) is 0.526. The van der Waals surface area contributed by atoms with E-state index in [0.29, 0.717) is 19.5 Å². The number of ether oxygens (including phenoxy) is 3. The summed E-state index contributed by atoms with van der Waals surface area (Å²) < 4.78 is 39.7. The van der Waals surface area contributed by atoms with E-state index in [1.54, 1.807) is 6.92 Å². The van der Waals surface area contributed by atoms with Gasteiger partial charge in [0, 0.05) is 25.6 Å². The van der Waals surface area contributed by atoms with Crippen LogP contribution in [0, 0.1) is 0 Å². The Hall–Kier alpha value is -3.85. The molecule has 0 spiro atoms. The number of para-hydroxylation sites is 1. The van der Waals surface area contributed by atoms with Gasteiger partial charge in [0.2, 0.25) is 5.88 Å². The zero-order chi connectivity index (χ0) is 27.4. The lowest BCUT2D eigenvalue weighted by atomic mass is 9.99. The van der Waals surface area contributed by atoms with Crippen LogP contribution in [0.1, 0.15) is 45.1 Å². The van der Waals surface area contributed by atoms with E-state index in [9.17, 15) is 14.7 Å². The van der Waals surface area contributed by atoms with Gasteiger partial charge < -0.3 is 24.2 Å². The van der Waals surface area contributed by atoms with Crippen LogP contribution in [0.2, 0.25) is 0 Å². The first kappa shape index (κ1) is 20.5. The molecule has 1 aromatic heterocycles. The molecule has 3 aromatic rings. The Labute approximate surface area is 207 Å². The number of aromatic hydroxyl groups is 1. The average Bonchev–Trinajstić information content (AvgIpc) is 3.38. The van der Waals surface area contributed by atoms with E-state index in [1.807, 2.05) is 30.3 Å². The van der Waals surface area contributed by atoms with Crippen molar-refractivity contribution in [2.75, 3.05) is 33.8 Å². The van der Waals surface area contributed by atoms with Gasteiger partial charge in [-0.1, -0.05) is 36.4 Å². The van der Waals surface area contributed by atoms with Crippen LogP contribution in [0.15, 0.2) is 53.3 Å². The highest BCUT2D eigenvalue weighted by Crippen LogP contribution is 2.33. The van der Waals surface area contributed by atoms with E-state index in [-0.39, 0.29) is 42.1 Å². The molecule has 0 bridgehead atoms. The first-order chi connectivity index (χ1) is 18.1. The van der Waals surface area contributed by atoms with Gasteiger partial charge in [-0.3, -0.25) is 14.2 Å². The molecule has 1 saturated heterocycles. The Morgan fingerprint density at radius 2 is 1.91 bits per heavy atom. The van der Waals surface area contributed by atoms with E-state index < -0.39 is 29.9 Å². The van der Waals surface area contributed by atoms with E-state index in [4.69, 9.17) is 18.3 Å². The number of methoxy groups -OCH3 is 2. The lowest BCUT2D eigenvalue weighted by molar-refractivity contribution is 0.0783. The molecule has 9 heteroatoms. The molecule has 2 heterocycles. The Bertz CT molecular complexity index is 1360. The van der Waals surface area contributed by atoms with Crippen molar-refractivity contribution in [1.29, 1.82) is 0 Å². The minimum atomic E-state index is -2.84. The molecule has 0 saturated carbocycles. The van der Waals surface area contributed by atoms with Crippen molar-refractivity contribution in [1.82, 2.24) is 14.5 Å². The molecule has 1 amide bonds.